The molecule has 2 fully saturated rings. The third-order valence-corrected chi connectivity index (χ3v) is 7.93. The van der Waals surface area contributed by atoms with Gasteiger partial charge in [0.05, 0.1) is 0 Å². The van der Waals surface area contributed by atoms with Crippen LogP contribution in [-0.4, -0.2) is 73.0 Å². The Balaban J connectivity index is 1.11. The van der Waals surface area contributed by atoms with E-state index >= 15 is 0 Å². The number of para-hydroxylation sites is 1. The van der Waals surface area contributed by atoms with Gasteiger partial charge in [-0.05, 0) is 88.6 Å². The number of carbonyl (C=O) groups excluding carboxylic acids is 2. The number of hydrogen-bond acceptors (Lipinski definition) is 4. The summed E-state index contributed by atoms with van der Waals surface area (Å²) in [6.45, 7) is 6.55. The van der Waals surface area contributed by atoms with E-state index < -0.39 is 6.04 Å². The number of piperidine rings is 2. The highest BCUT2D eigenvalue weighted by Crippen LogP contribution is 2.33. The average Bonchev–Trinajstić information content (AvgIpc) is 3.32. The van der Waals surface area contributed by atoms with Crippen LogP contribution in [0.25, 0.3) is 0 Å². The fourth-order valence-corrected chi connectivity index (χ4v) is 5.99. The summed E-state index contributed by atoms with van der Waals surface area (Å²) in [4.78, 5) is 33.5. The standard InChI is InChI=1S/C29H38N4O2/c34-28(30-16-9-17-31-20-14-25(15-21-31)32-18-7-2-8-19-32)27-22-24-12-5-6-13-26(24)33(27)29(35)23-10-3-1-4-11-23/h1,3-6,10-13,25,27H,2,7-9,14-22H2,(H,30,34)/t27-/m1/s1. The molecule has 6 heteroatoms. The fraction of sp³-hybridized carbons (Fsp3) is 0.517. The van der Waals surface area contributed by atoms with E-state index in [2.05, 4.69) is 15.1 Å². The van der Waals surface area contributed by atoms with Gasteiger partial charge in [0.1, 0.15) is 6.04 Å². The van der Waals surface area contributed by atoms with Gasteiger partial charge in [-0.25, -0.2) is 0 Å². The van der Waals surface area contributed by atoms with Crippen molar-refractivity contribution in [3.8, 4) is 0 Å². The molecule has 3 aliphatic heterocycles. The zero-order valence-electron chi connectivity index (χ0n) is 20.7. The summed E-state index contributed by atoms with van der Waals surface area (Å²) in [5.74, 6) is -0.179. The van der Waals surface area contributed by atoms with Crippen LogP contribution in [0.4, 0.5) is 5.69 Å². The molecule has 5 rings (SSSR count). The van der Waals surface area contributed by atoms with E-state index in [-0.39, 0.29) is 11.8 Å². The van der Waals surface area contributed by atoms with E-state index in [0.717, 1.165) is 43.3 Å². The Bertz CT molecular complexity index is 997. The van der Waals surface area contributed by atoms with Gasteiger partial charge in [-0.15, -0.1) is 0 Å². The fourth-order valence-electron chi connectivity index (χ4n) is 5.99. The monoisotopic (exact) mass is 474 g/mol. The predicted octanol–water partition coefficient (Wildman–Crippen LogP) is 3.71. The molecule has 6 nitrogen and oxygen atoms in total. The summed E-state index contributed by atoms with van der Waals surface area (Å²) in [6.07, 6.45) is 8.15. The van der Waals surface area contributed by atoms with E-state index in [0.29, 0.717) is 18.5 Å². The molecule has 0 saturated carbocycles. The number of carbonyl (C=O) groups is 2. The van der Waals surface area contributed by atoms with Crippen molar-refractivity contribution in [3.05, 3.63) is 65.7 Å². The highest BCUT2D eigenvalue weighted by Gasteiger charge is 2.38. The highest BCUT2D eigenvalue weighted by molar-refractivity contribution is 6.11. The first kappa shape index (κ1) is 24.0. The van der Waals surface area contributed by atoms with Crippen molar-refractivity contribution in [1.82, 2.24) is 15.1 Å². The second-order valence-corrected chi connectivity index (χ2v) is 10.2. The molecule has 35 heavy (non-hydrogen) atoms. The number of benzene rings is 2. The molecule has 0 aliphatic carbocycles. The number of amides is 2. The van der Waals surface area contributed by atoms with Crippen LogP contribution in [-0.2, 0) is 11.2 Å². The second kappa shape index (κ2) is 11.4. The van der Waals surface area contributed by atoms with E-state index in [1.165, 1.54) is 45.2 Å². The molecular formula is C29H38N4O2. The summed E-state index contributed by atoms with van der Waals surface area (Å²) in [7, 11) is 0. The largest absolute Gasteiger partial charge is 0.354 e. The number of nitrogens with one attached hydrogen (secondary N) is 1. The Labute approximate surface area is 209 Å². The maximum Gasteiger partial charge on any atom is 0.259 e. The lowest BCUT2D eigenvalue weighted by molar-refractivity contribution is -0.122. The SMILES string of the molecule is O=C(NCCCN1CCC(N2CCCCC2)CC1)[C@H]1Cc2ccccc2N1C(=O)c1ccccc1. The van der Waals surface area contributed by atoms with Crippen molar-refractivity contribution in [2.24, 2.45) is 0 Å². The summed E-state index contributed by atoms with van der Waals surface area (Å²) in [5, 5.41) is 3.13. The highest BCUT2D eigenvalue weighted by atomic mass is 16.2. The molecule has 0 unspecified atom stereocenters. The van der Waals surface area contributed by atoms with Gasteiger partial charge in [-0.2, -0.15) is 0 Å². The Morgan fingerprint density at radius 2 is 1.57 bits per heavy atom. The van der Waals surface area contributed by atoms with Crippen LogP contribution in [0.5, 0.6) is 0 Å². The van der Waals surface area contributed by atoms with E-state index in [1.54, 1.807) is 4.90 Å². The van der Waals surface area contributed by atoms with Gasteiger partial charge in [0.25, 0.3) is 5.91 Å². The van der Waals surface area contributed by atoms with E-state index in [9.17, 15) is 9.59 Å². The number of hydrogen-bond donors (Lipinski definition) is 1. The van der Waals surface area contributed by atoms with Gasteiger partial charge < -0.3 is 15.1 Å². The summed E-state index contributed by atoms with van der Waals surface area (Å²) < 4.78 is 0. The lowest BCUT2D eigenvalue weighted by Gasteiger charge is -2.40. The van der Waals surface area contributed by atoms with E-state index in [4.69, 9.17) is 0 Å². The molecule has 3 aliphatic rings. The molecular weight excluding hydrogens is 436 g/mol. The average molecular weight is 475 g/mol. The van der Waals surface area contributed by atoms with Gasteiger partial charge >= 0.3 is 0 Å². The maximum absolute atomic E-state index is 13.3. The maximum atomic E-state index is 13.3. The quantitative estimate of drug-likeness (QED) is 0.622. The van der Waals surface area contributed by atoms with Crippen LogP contribution in [0.2, 0.25) is 0 Å². The van der Waals surface area contributed by atoms with Crippen molar-refractivity contribution >= 4 is 17.5 Å². The molecule has 0 bridgehead atoms. The molecule has 2 aromatic carbocycles. The molecule has 3 heterocycles. The topological polar surface area (TPSA) is 55.9 Å². The molecule has 1 atom stereocenters. The van der Waals surface area contributed by atoms with Crippen LogP contribution in [0.3, 0.4) is 0 Å². The van der Waals surface area contributed by atoms with Crippen LogP contribution in [0.15, 0.2) is 54.6 Å². The summed E-state index contributed by atoms with van der Waals surface area (Å²) in [6, 6.07) is 17.4. The third-order valence-electron chi connectivity index (χ3n) is 7.93. The summed E-state index contributed by atoms with van der Waals surface area (Å²) >= 11 is 0. The number of rotatable bonds is 7. The molecule has 2 saturated heterocycles. The van der Waals surface area contributed by atoms with Crippen LogP contribution in [0.1, 0.15) is 54.4 Å². The van der Waals surface area contributed by atoms with E-state index in [1.807, 2.05) is 54.6 Å². The third kappa shape index (κ3) is 5.60. The molecule has 2 amide bonds. The van der Waals surface area contributed by atoms with Crippen molar-refractivity contribution in [1.29, 1.82) is 0 Å². The minimum absolute atomic E-state index is 0.0608. The molecule has 186 valence electrons. The van der Waals surface area contributed by atoms with Gasteiger partial charge in [0.15, 0.2) is 0 Å². The first-order valence-electron chi connectivity index (χ1n) is 13.4. The predicted molar refractivity (Wildman–Crippen MR) is 140 cm³/mol. The Kier molecular flexibility index (Phi) is 7.79. The molecule has 2 aromatic rings. The van der Waals surface area contributed by atoms with Crippen LogP contribution < -0.4 is 10.2 Å². The second-order valence-electron chi connectivity index (χ2n) is 10.2. The van der Waals surface area contributed by atoms with Crippen molar-refractivity contribution in [3.63, 3.8) is 0 Å². The number of anilines is 1. The van der Waals surface area contributed by atoms with Crippen molar-refractivity contribution in [2.45, 2.75) is 57.0 Å². The zero-order valence-corrected chi connectivity index (χ0v) is 20.7. The van der Waals surface area contributed by atoms with Crippen molar-refractivity contribution in [2.75, 3.05) is 44.2 Å². The number of fused-ring (bicyclic) bond motifs is 1. The van der Waals surface area contributed by atoms with Gasteiger partial charge in [0.2, 0.25) is 5.91 Å². The zero-order chi connectivity index (χ0) is 24.0. The number of nitrogens with zero attached hydrogens (tertiary/aromatic N) is 3. The van der Waals surface area contributed by atoms with Crippen LogP contribution in [0, 0.1) is 0 Å². The molecule has 0 spiro atoms. The van der Waals surface area contributed by atoms with Gasteiger partial charge in [0, 0.05) is 30.3 Å². The Morgan fingerprint density at radius 1 is 0.857 bits per heavy atom. The molecule has 0 radical (unpaired) electrons. The lowest BCUT2D eigenvalue weighted by Crippen LogP contribution is -2.49. The molecule has 1 N–H and O–H groups in total. The van der Waals surface area contributed by atoms with Gasteiger partial charge in [-0.1, -0.05) is 42.8 Å². The normalized spacial score (nSPS) is 21.6. The van der Waals surface area contributed by atoms with Crippen LogP contribution >= 0.6 is 0 Å². The lowest BCUT2D eigenvalue weighted by atomic mass is 10.00. The first-order valence-corrected chi connectivity index (χ1v) is 13.4. The van der Waals surface area contributed by atoms with Crippen molar-refractivity contribution < 1.29 is 9.59 Å². The van der Waals surface area contributed by atoms with Gasteiger partial charge in [-0.3, -0.25) is 14.5 Å². The first-order chi connectivity index (χ1) is 17.2. The Morgan fingerprint density at radius 3 is 2.34 bits per heavy atom. The smallest absolute Gasteiger partial charge is 0.259 e. The minimum Gasteiger partial charge on any atom is -0.354 e. The molecule has 0 aromatic heterocycles. The minimum atomic E-state index is -0.500. The Hall–Kier alpha value is -2.70. The summed E-state index contributed by atoms with van der Waals surface area (Å²) in [5.41, 5.74) is 2.50. The number of likely N-dealkylation sites (tertiary alicyclic amines) is 2.